The molecule has 1 heterocycles. The third kappa shape index (κ3) is 3.01. The van der Waals surface area contributed by atoms with Gasteiger partial charge in [0, 0.05) is 5.56 Å². The summed E-state index contributed by atoms with van der Waals surface area (Å²) >= 11 is 0. The molecule has 4 nitrogen and oxygen atoms in total. The number of hydrogen-bond acceptors (Lipinski definition) is 3. The lowest BCUT2D eigenvalue weighted by molar-refractivity contribution is -0.110. The summed E-state index contributed by atoms with van der Waals surface area (Å²) in [4.78, 5) is 16.7. The number of aliphatic imine (C=N–C) groups is 1. The maximum absolute atomic E-state index is 12.2. The van der Waals surface area contributed by atoms with E-state index in [1.807, 2.05) is 78.9 Å². The average molecular weight is 364 g/mol. The Bertz CT molecular complexity index is 1230. The molecule has 0 fully saturated rings. The van der Waals surface area contributed by atoms with Crippen molar-refractivity contribution < 1.29 is 9.53 Å². The Morgan fingerprint density at radius 2 is 1.43 bits per heavy atom. The molecule has 0 radical (unpaired) electrons. The number of ether oxygens (including phenoxy) is 1. The van der Waals surface area contributed by atoms with E-state index < -0.39 is 0 Å². The Labute approximate surface area is 162 Å². The maximum atomic E-state index is 12.2. The van der Waals surface area contributed by atoms with Crippen molar-refractivity contribution in [3.63, 3.8) is 0 Å². The van der Waals surface area contributed by atoms with Crippen LogP contribution in [-0.2, 0) is 4.79 Å². The van der Waals surface area contributed by atoms with Gasteiger partial charge in [0.1, 0.15) is 17.2 Å². The summed E-state index contributed by atoms with van der Waals surface area (Å²) in [5.74, 6) is 1.31. The number of nitrogens with one attached hydrogen (secondary N) is 1. The lowest BCUT2D eigenvalue weighted by Gasteiger charge is -2.07. The Balaban J connectivity index is 1.39. The number of hydrogen-bond donors (Lipinski definition) is 1. The fraction of sp³-hybridized carbons (Fsp3) is 0. The Morgan fingerprint density at radius 1 is 0.714 bits per heavy atom. The molecule has 0 saturated heterocycles. The number of benzene rings is 4. The minimum atomic E-state index is -0.183. The van der Waals surface area contributed by atoms with Crippen LogP contribution in [0.1, 0.15) is 5.56 Å². The second kappa shape index (κ2) is 6.67. The van der Waals surface area contributed by atoms with Crippen LogP contribution in [0.25, 0.3) is 10.8 Å². The average Bonchev–Trinajstić information content (AvgIpc) is 3.04. The van der Waals surface area contributed by atoms with Gasteiger partial charge in [0.25, 0.3) is 5.91 Å². The Kier molecular flexibility index (Phi) is 3.87. The van der Waals surface area contributed by atoms with Gasteiger partial charge in [-0.15, -0.1) is 0 Å². The van der Waals surface area contributed by atoms with Crippen molar-refractivity contribution in [1.29, 1.82) is 0 Å². The fourth-order valence-electron chi connectivity index (χ4n) is 3.30. The van der Waals surface area contributed by atoms with Crippen LogP contribution >= 0.6 is 0 Å². The zero-order valence-corrected chi connectivity index (χ0v) is 14.9. The molecule has 0 aromatic heterocycles. The zero-order valence-electron chi connectivity index (χ0n) is 14.9. The molecule has 5 rings (SSSR count). The molecule has 28 heavy (non-hydrogen) atoms. The molecule has 134 valence electrons. The molecule has 4 aromatic carbocycles. The van der Waals surface area contributed by atoms with E-state index in [2.05, 4.69) is 22.4 Å². The van der Waals surface area contributed by atoms with E-state index in [1.165, 1.54) is 5.39 Å². The molecule has 4 heteroatoms. The van der Waals surface area contributed by atoms with Gasteiger partial charge in [-0.25, -0.2) is 4.99 Å². The first kappa shape index (κ1) is 16.3. The van der Waals surface area contributed by atoms with Gasteiger partial charge in [-0.05, 0) is 53.2 Å². The van der Waals surface area contributed by atoms with E-state index >= 15 is 0 Å². The monoisotopic (exact) mass is 364 g/mol. The minimum absolute atomic E-state index is 0.183. The van der Waals surface area contributed by atoms with E-state index in [4.69, 9.17) is 4.74 Å². The van der Waals surface area contributed by atoms with Crippen LogP contribution < -0.4 is 10.1 Å². The van der Waals surface area contributed by atoms with Crippen LogP contribution in [0, 0.1) is 0 Å². The van der Waals surface area contributed by atoms with Gasteiger partial charge in [-0.1, -0.05) is 48.5 Å². The van der Waals surface area contributed by atoms with Crippen LogP contribution in [-0.4, -0.2) is 11.6 Å². The highest BCUT2D eigenvalue weighted by Crippen LogP contribution is 2.29. The predicted molar refractivity (Wildman–Crippen MR) is 112 cm³/mol. The second-order valence-corrected chi connectivity index (χ2v) is 6.57. The molecular weight excluding hydrogens is 348 g/mol. The largest absolute Gasteiger partial charge is 0.457 e. The fourth-order valence-corrected chi connectivity index (χ4v) is 3.30. The van der Waals surface area contributed by atoms with Crippen molar-refractivity contribution in [3.8, 4) is 11.5 Å². The smallest absolute Gasteiger partial charge is 0.275 e. The highest BCUT2D eigenvalue weighted by atomic mass is 16.5. The summed E-state index contributed by atoms with van der Waals surface area (Å²) in [6.07, 6.45) is 0. The molecule has 0 saturated carbocycles. The highest BCUT2D eigenvalue weighted by Gasteiger charge is 2.25. The molecule has 1 N–H and O–H groups in total. The first-order chi connectivity index (χ1) is 13.8. The third-order valence-electron chi connectivity index (χ3n) is 4.68. The topological polar surface area (TPSA) is 50.7 Å². The van der Waals surface area contributed by atoms with Crippen LogP contribution in [0.3, 0.4) is 0 Å². The van der Waals surface area contributed by atoms with Crippen LogP contribution in [0.5, 0.6) is 11.5 Å². The molecule has 0 unspecified atom stereocenters. The van der Waals surface area contributed by atoms with Gasteiger partial charge in [0.05, 0.1) is 11.4 Å². The number of fused-ring (bicyclic) bond motifs is 2. The van der Waals surface area contributed by atoms with Gasteiger partial charge in [0.2, 0.25) is 0 Å². The van der Waals surface area contributed by atoms with Crippen molar-refractivity contribution in [1.82, 2.24) is 0 Å². The van der Waals surface area contributed by atoms with E-state index in [0.29, 0.717) is 11.4 Å². The first-order valence-corrected chi connectivity index (χ1v) is 9.02. The number of anilines is 1. The van der Waals surface area contributed by atoms with E-state index in [0.717, 1.165) is 28.1 Å². The van der Waals surface area contributed by atoms with Crippen LogP contribution in [0.2, 0.25) is 0 Å². The molecule has 0 atom stereocenters. The SMILES string of the molecule is O=C1Nc2ccccc2C1=Nc1ccc(Oc2ccc3ccccc3c2)cc1. The summed E-state index contributed by atoms with van der Waals surface area (Å²) in [5, 5.41) is 5.14. The Morgan fingerprint density at radius 3 is 2.29 bits per heavy atom. The molecule has 1 aliphatic rings. The molecule has 1 aliphatic heterocycles. The summed E-state index contributed by atoms with van der Waals surface area (Å²) in [6.45, 7) is 0. The standard InChI is InChI=1S/C24H16N2O2/c27-24-23(21-7-3-4-8-22(21)26-24)25-18-10-13-19(14-11-18)28-20-12-9-16-5-1-2-6-17(16)15-20/h1-15H,(H,25,26,27). The van der Waals surface area contributed by atoms with Gasteiger partial charge >= 0.3 is 0 Å². The first-order valence-electron chi connectivity index (χ1n) is 9.02. The van der Waals surface area contributed by atoms with Crippen molar-refractivity contribution in [2.24, 2.45) is 4.99 Å². The van der Waals surface area contributed by atoms with Crippen LogP contribution in [0.15, 0.2) is 96.0 Å². The summed E-state index contributed by atoms with van der Waals surface area (Å²) < 4.78 is 5.96. The summed E-state index contributed by atoms with van der Waals surface area (Å²) in [5.41, 5.74) is 2.75. The van der Waals surface area contributed by atoms with Crippen molar-refractivity contribution in [2.45, 2.75) is 0 Å². The summed E-state index contributed by atoms with van der Waals surface area (Å²) in [6, 6.07) is 29.1. The quantitative estimate of drug-likeness (QED) is 0.506. The zero-order chi connectivity index (χ0) is 18.9. The van der Waals surface area contributed by atoms with E-state index in [1.54, 1.807) is 0 Å². The summed E-state index contributed by atoms with van der Waals surface area (Å²) in [7, 11) is 0. The third-order valence-corrected chi connectivity index (χ3v) is 4.68. The minimum Gasteiger partial charge on any atom is -0.457 e. The van der Waals surface area contributed by atoms with Crippen molar-refractivity contribution >= 4 is 33.8 Å². The van der Waals surface area contributed by atoms with Gasteiger partial charge < -0.3 is 10.1 Å². The number of rotatable bonds is 3. The van der Waals surface area contributed by atoms with Gasteiger partial charge in [-0.2, -0.15) is 0 Å². The number of amides is 1. The lowest BCUT2D eigenvalue weighted by Crippen LogP contribution is -2.13. The number of carbonyl (C=O) groups excluding carboxylic acids is 1. The highest BCUT2D eigenvalue weighted by molar-refractivity contribution is 6.54. The Hall–Kier alpha value is -3.92. The normalized spacial score (nSPS) is 14.1. The van der Waals surface area contributed by atoms with Crippen molar-refractivity contribution in [3.05, 3.63) is 96.6 Å². The van der Waals surface area contributed by atoms with E-state index in [9.17, 15) is 4.79 Å². The number of carbonyl (C=O) groups is 1. The molecule has 1 amide bonds. The van der Waals surface area contributed by atoms with Crippen LogP contribution in [0.4, 0.5) is 11.4 Å². The molecule has 4 aromatic rings. The number of nitrogens with zero attached hydrogens (tertiary/aromatic N) is 1. The van der Waals surface area contributed by atoms with E-state index in [-0.39, 0.29) is 5.91 Å². The predicted octanol–water partition coefficient (Wildman–Crippen LogP) is 5.71. The second-order valence-electron chi connectivity index (χ2n) is 6.57. The lowest BCUT2D eigenvalue weighted by atomic mass is 10.1. The molecular formula is C24H16N2O2. The number of para-hydroxylation sites is 1. The maximum Gasteiger partial charge on any atom is 0.275 e. The molecule has 0 bridgehead atoms. The van der Waals surface area contributed by atoms with Gasteiger partial charge in [-0.3, -0.25) is 4.79 Å². The molecule has 0 aliphatic carbocycles. The van der Waals surface area contributed by atoms with Crippen molar-refractivity contribution in [2.75, 3.05) is 5.32 Å². The van der Waals surface area contributed by atoms with Gasteiger partial charge in [0.15, 0.2) is 0 Å². The molecule has 0 spiro atoms.